The lowest BCUT2D eigenvalue weighted by Gasteiger charge is -2.16. The number of hydrogen-bond acceptors (Lipinski definition) is 3. The van der Waals surface area contributed by atoms with E-state index in [1.165, 1.54) is 29.6 Å². The Morgan fingerprint density at radius 3 is 2.54 bits per heavy atom. The smallest absolute Gasteiger partial charge is 0.428 e. The highest BCUT2D eigenvalue weighted by atomic mass is 32.1. The Labute approximate surface area is 140 Å². The van der Waals surface area contributed by atoms with Crippen molar-refractivity contribution in [3.05, 3.63) is 57.3 Å². The van der Waals surface area contributed by atoms with Crippen LogP contribution in [-0.2, 0) is 0 Å². The maximum absolute atomic E-state index is 12.9. The highest BCUT2D eigenvalue weighted by molar-refractivity contribution is 7.12. The third kappa shape index (κ3) is 4.44. The number of rotatable bonds is 6. The fraction of sp³-hybridized carbons (Fsp3) is 0.235. The van der Waals surface area contributed by atoms with Gasteiger partial charge >= 0.3 is 12.5 Å². The number of thiophene rings is 1. The van der Waals surface area contributed by atoms with Crippen LogP contribution in [0.25, 0.3) is 6.08 Å². The summed E-state index contributed by atoms with van der Waals surface area (Å²) in [4.78, 5) is 14.0. The van der Waals surface area contributed by atoms with Gasteiger partial charge in [-0.2, -0.15) is 17.6 Å². The summed E-state index contributed by atoms with van der Waals surface area (Å²) in [6.45, 7) is 3.72. The summed E-state index contributed by atoms with van der Waals surface area (Å²) >= 11 is 1.50. The number of ketones is 1. The van der Waals surface area contributed by atoms with Gasteiger partial charge < -0.3 is 4.74 Å². The highest BCUT2D eigenvalue weighted by Gasteiger charge is 2.43. The van der Waals surface area contributed by atoms with Gasteiger partial charge in [0.1, 0.15) is 5.75 Å². The molecule has 0 amide bonds. The van der Waals surface area contributed by atoms with Crippen molar-refractivity contribution in [1.82, 2.24) is 0 Å². The lowest BCUT2D eigenvalue weighted by molar-refractivity contribution is -0.253. The largest absolute Gasteiger partial charge is 0.461 e. The monoisotopic (exact) mass is 358 g/mol. The minimum absolute atomic E-state index is 0.221. The predicted molar refractivity (Wildman–Crippen MR) is 85.2 cm³/mol. The van der Waals surface area contributed by atoms with E-state index < -0.39 is 18.3 Å². The molecule has 128 valence electrons. The summed E-state index contributed by atoms with van der Waals surface area (Å²) in [6.07, 6.45) is -5.77. The molecule has 1 heterocycles. The van der Waals surface area contributed by atoms with Crippen molar-refractivity contribution < 1.29 is 27.1 Å². The molecular weight excluding hydrogens is 344 g/mol. The van der Waals surface area contributed by atoms with Crippen molar-refractivity contribution in [2.45, 2.75) is 26.4 Å². The molecule has 0 N–H and O–H groups in total. The fourth-order valence-electron chi connectivity index (χ4n) is 2.02. The Morgan fingerprint density at radius 2 is 1.96 bits per heavy atom. The molecule has 0 aliphatic carbocycles. The molecule has 2 aromatic rings. The predicted octanol–water partition coefficient (Wildman–Crippen LogP) is 5.50. The van der Waals surface area contributed by atoms with Crippen LogP contribution in [0.1, 0.15) is 25.7 Å². The van der Waals surface area contributed by atoms with Crippen LogP contribution >= 0.6 is 11.3 Å². The molecule has 0 aliphatic rings. The molecule has 7 heteroatoms. The van der Waals surface area contributed by atoms with Crippen LogP contribution in [0.2, 0.25) is 0 Å². The molecule has 0 bridgehead atoms. The average Bonchev–Trinajstić information content (AvgIpc) is 2.83. The Bertz CT molecular complexity index is 766. The zero-order valence-electron chi connectivity index (χ0n) is 12.9. The Balaban J connectivity index is 2.14. The number of ether oxygens (including phenoxy) is 1. The van der Waals surface area contributed by atoms with Gasteiger partial charge in [0.05, 0.1) is 0 Å². The molecule has 2 nitrogen and oxygen atoms in total. The van der Waals surface area contributed by atoms with Crippen molar-refractivity contribution in [3.8, 4) is 5.75 Å². The quantitative estimate of drug-likeness (QED) is 0.387. The van der Waals surface area contributed by atoms with Crippen LogP contribution in [0, 0.1) is 13.8 Å². The third-order valence-electron chi connectivity index (χ3n) is 3.10. The number of carbonyl (C=O) groups is 1. The van der Waals surface area contributed by atoms with Crippen LogP contribution in [0.3, 0.4) is 0 Å². The first kappa shape index (κ1) is 18.2. The number of hydrogen-bond donors (Lipinski definition) is 0. The normalized spacial score (nSPS) is 12.1. The minimum atomic E-state index is -4.57. The second kappa shape index (κ2) is 7.17. The lowest BCUT2D eigenvalue weighted by atomic mass is 10.1. The van der Waals surface area contributed by atoms with Gasteiger partial charge in [-0.25, -0.2) is 0 Å². The average molecular weight is 358 g/mol. The molecule has 24 heavy (non-hydrogen) atoms. The summed E-state index contributed by atoms with van der Waals surface area (Å²) in [5.74, 6) is -0.626. The van der Waals surface area contributed by atoms with Crippen molar-refractivity contribution >= 4 is 23.2 Å². The molecular formula is C17H14F4O2S. The highest BCUT2D eigenvalue weighted by Crippen LogP contribution is 2.28. The van der Waals surface area contributed by atoms with E-state index in [1.54, 1.807) is 12.1 Å². The molecule has 0 saturated heterocycles. The molecule has 1 aromatic carbocycles. The Kier molecular flexibility index (Phi) is 5.43. The van der Waals surface area contributed by atoms with E-state index in [0.717, 1.165) is 21.9 Å². The Morgan fingerprint density at radius 1 is 1.25 bits per heavy atom. The maximum atomic E-state index is 12.9. The lowest BCUT2D eigenvalue weighted by Crippen LogP contribution is -2.33. The molecule has 0 unspecified atom stereocenters. The van der Waals surface area contributed by atoms with Gasteiger partial charge in [0.25, 0.3) is 0 Å². The van der Waals surface area contributed by atoms with Crippen LogP contribution in [0.4, 0.5) is 17.6 Å². The molecule has 1 aromatic heterocycles. The molecule has 0 fully saturated rings. The first-order valence-electron chi connectivity index (χ1n) is 6.93. The fourth-order valence-corrected chi connectivity index (χ4v) is 2.95. The van der Waals surface area contributed by atoms with E-state index >= 15 is 0 Å². The molecule has 2 rings (SSSR count). The minimum Gasteiger partial charge on any atom is -0.428 e. The second-order valence-corrected chi connectivity index (χ2v) is 6.52. The topological polar surface area (TPSA) is 26.3 Å². The summed E-state index contributed by atoms with van der Waals surface area (Å²) in [5, 5.41) is 0. The van der Waals surface area contributed by atoms with Crippen molar-refractivity contribution in [3.63, 3.8) is 0 Å². The van der Waals surface area contributed by atoms with E-state index in [1.807, 2.05) is 13.8 Å². The van der Waals surface area contributed by atoms with Gasteiger partial charge in [-0.1, -0.05) is 18.2 Å². The zero-order chi connectivity index (χ0) is 17.9. The second-order valence-electron chi connectivity index (χ2n) is 5.06. The van der Waals surface area contributed by atoms with Gasteiger partial charge in [-0.3, -0.25) is 4.79 Å². The van der Waals surface area contributed by atoms with E-state index in [2.05, 4.69) is 4.74 Å². The molecule has 0 aliphatic heterocycles. The Hall–Kier alpha value is -2.15. The molecule has 0 spiro atoms. The van der Waals surface area contributed by atoms with Crippen molar-refractivity contribution in [1.29, 1.82) is 0 Å². The van der Waals surface area contributed by atoms with E-state index in [0.29, 0.717) is 11.1 Å². The van der Waals surface area contributed by atoms with Gasteiger partial charge in [-0.05, 0) is 43.7 Å². The van der Waals surface area contributed by atoms with Crippen LogP contribution in [0.5, 0.6) is 5.75 Å². The summed E-state index contributed by atoms with van der Waals surface area (Å²) in [7, 11) is 0. The number of carbonyl (C=O) groups excluding carboxylic acids is 1. The SMILES string of the molecule is Cc1cc(C(=O)/C=C/c2cccc(OC(F)(F)C(F)F)c2)c(C)s1. The van der Waals surface area contributed by atoms with Gasteiger partial charge in [0.15, 0.2) is 5.78 Å². The summed E-state index contributed by atoms with van der Waals surface area (Å²) < 4.78 is 54.1. The van der Waals surface area contributed by atoms with Gasteiger partial charge in [0.2, 0.25) is 0 Å². The number of aryl methyl sites for hydroxylation is 2. The third-order valence-corrected chi connectivity index (χ3v) is 4.07. The number of halogens is 4. The van der Waals surface area contributed by atoms with E-state index in [4.69, 9.17) is 0 Å². The zero-order valence-corrected chi connectivity index (χ0v) is 13.7. The first-order chi connectivity index (χ1) is 11.2. The van der Waals surface area contributed by atoms with Gasteiger partial charge in [-0.15, -0.1) is 11.3 Å². The number of benzene rings is 1. The van der Waals surface area contributed by atoms with E-state index in [-0.39, 0.29) is 5.78 Å². The summed E-state index contributed by atoms with van der Waals surface area (Å²) in [6, 6.07) is 6.99. The number of allylic oxidation sites excluding steroid dienone is 1. The van der Waals surface area contributed by atoms with Crippen LogP contribution < -0.4 is 4.74 Å². The van der Waals surface area contributed by atoms with Crippen molar-refractivity contribution in [2.24, 2.45) is 0 Å². The van der Waals surface area contributed by atoms with Crippen molar-refractivity contribution in [2.75, 3.05) is 0 Å². The standard InChI is InChI=1S/C17H14F4O2S/c1-10-8-14(11(2)24-10)15(22)7-6-12-4-3-5-13(9-12)23-17(20,21)16(18)19/h3-9,16H,1-2H3/b7-6+. The summed E-state index contributed by atoms with van der Waals surface area (Å²) in [5.41, 5.74) is 0.959. The van der Waals surface area contributed by atoms with Crippen LogP contribution in [0.15, 0.2) is 36.4 Å². The molecule has 0 saturated carbocycles. The maximum Gasteiger partial charge on any atom is 0.461 e. The first-order valence-corrected chi connectivity index (χ1v) is 7.75. The molecule has 0 atom stereocenters. The van der Waals surface area contributed by atoms with Gasteiger partial charge in [0, 0.05) is 15.3 Å². The number of alkyl halides is 4. The molecule has 0 radical (unpaired) electrons. The van der Waals surface area contributed by atoms with Crippen LogP contribution in [-0.4, -0.2) is 18.3 Å². The van der Waals surface area contributed by atoms with E-state index in [9.17, 15) is 22.4 Å².